The van der Waals surface area contributed by atoms with Crippen molar-refractivity contribution in [3.63, 3.8) is 0 Å². The Morgan fingerprint density at radius 2 is 2.16 bits per heavy atom. The second kappa shape index (κ2) is 5.48. The molecule has 6 heteroatoms. The smallest absolute Gasteiger partial charge is 0.318 e. The molecule has 1 unspecified atom stereocenters. The second-order valence-electron chi connectivity index (χ2n) is 4.29. The van der Waals surface area contributed by atoms with Gasteiger partial charge in [-0.1, -0.05) is 11.6 Å². The van der Waals surface area contributed by atoms with Crippen molar-refractivity contribution in [1.82, 2.24) is 9.97 Å². The zero-order valence-corrected chi connectivity index (χ0v) is 12.1. The predicted molar refractivity (Wildman–Crippen MR) is 73.8 cm³/mol. The SMILES string of the molecule is COc1ncc(Cl)c(NC(C)c2cc(C)oc2C)n1. The van der Waals surface area contributed by atoms with Gasteiger partial charge in [0, 0.05) is 5.56 Å². The molecular weight excluding hydrogens is 266 g/mol. The van der Waals surface area contributed by atoms with Crippen molar-refractivity contribution in [3.8, 4) is 6.01 Å². The third-order valence-electron chi connectivity index (χ3n) is 2.80. The first-order valence-corrected chi connectivity index (χ1v) is 6.29. The Labute approximate surface area is 117 Å². The molecule has 0 aromatic carbocycles. The lowest BCUT2D eigenvalue weighted by Gasteiger charge is -2.15. The monoisotopic (exact) mass is 281 g/mol. The molecule has 0 bridgehead atoms. The Bertz CT molecular complexity index is 583. The van der Waals surface area contributed by atoms with Crippen LogP contribution in [0.2, 0.25) is 5.02 Å². The van der Waals surface area contributed by atoms with E-state index in [0.29, 0.717) is 10.8 Å². The fourth-order valence-corrected chi connectivity index (χ4v) is 2.06. The predicted octanol–water partition coefficient (Wildman–Crippen LogP) is 3.52. The number of hydrogen-bond acceptors (Lipinski definition) is 5. The number of halogens is 1. The number of hydrogen-bond donors (Lipinski definition) is 1. The van der Waals surface area contributed by atoms with Gasteiger partial charge >= 0.3 is 6.01 Å². The van der Waals surface area contributed by atoms with Crippen LogP contribution in [0.1, 0.15) is 30.0 Å². The van der Waals surface area contributed by atoms with Crippen molar-refractivity contribution in [2.75, 3.05) is 12.4 Å². The molecule has 0 aliphatic heterocycles. The van der Waals surface area contributed by atoms with Crippen LogP contribution in [0.25, 0.3) is 0 Å². The highest BCUT2D eigenvalue weighted by molar-refractivity contribution is 6.32. The molecule has 0 amide bonds. The summed E-state index contributed by atoms with van der Waals surface area (Å²) in [5.41, 5.74) is 1.08. The van der Waals surface area contributed by atoms with Crippen LogP contribution in [0.15, 0.2) is 16.7 Å². The summed E-state index contributed by atoms with van der Waals surface area (Å²) in [5.74, 6) is 2.31. The minimum absolute atomic E-state index is 0.0227. The number of furan rings is 1. The van der Waals surface area contributed by atoms with Crippen molar-refractivity contribution in [2.45, 2.75) is 26.8 Å². The van der Waals surface area contributed by atoms with Crippen LogP contribution in [0.4, 0.5) is 5.82 Å². The Balaban J connectivity index is 2.23. The molecule has 0 aliphatic carbocycles. The Morgan fingerprint density at radius 3 is 2.74 bits per heavy atom. The molecule has 2 heterocycles. The average Bonchev–Trinajstić information content (AvgIpc) is 2.71. The number of nitrogens with one attached hydrogen (secondary N) is 1. The van der Waals surface area contributed by atoms with Gasteiger partial charge in [-0.2, -0.15) is 4.98 Å². The number of nitrogens with zero attached hydrogens (tertiary/aromatic N) is 2. The van der Waals surface area contributed by atoms with Gasteiger partial charge in [-0.3, -0.25) is 0 Å². The van der Waals surface area contributed by atoms with Gasteiger partial charge in [-0.05, 0) is 26.8 Å². The minimum Gasteiger partial charge on any atom is -0.467 e. The molecule has 2 aromatic rings. The molecule has 0 saturated heterocycles. The standard InChI is InChI=1S/C13H16ClN3O2/c1-7-5-10(9(3)19-7)8(2)16-12-11(14)6-15-13(17-12)18-4/h5-6,8H,1-4H3,(H,15,16,17). The minimum atomic E-state index is 0.0227. The quantitative estimate of drug-likeness (QED) is 0.929. The summed E-state index contributed by atoms with van der Waals surface area (Å²) < 4.78 is 10.5. The highest BCUT2D eigenvalue weighted by Gasteiger charge is 2.15. The summed E-state index contributed by atoms with van der Waals surface area (Å²) in [6.07, 6.45) is 1.51. The van der Waals surface area contributed by atoms with Gasteiger partial charge in [-0.15, -0.1) is 0 Å². The van der Waals surface area contributed by atoms with E-state index in [1.807, 2.05) is 26.8 Å². The van der Waals surface area contributed by atoms with Gasteiger partial charge in [-0.25, -0.2) is 4.98 Å². The summed E-state index contributed by atoms with van der Waals surface area (Å²) in [5, 5.41) is 3.68. The largest absolute Gasteiger partial charge is 0.467 e. The van der Waals surface area contributed by atoms with Crippen LogP contribution < -0.4 is 10.1 Å². The van der Waals surface area contributed by atoms with Crippen molar-refractivity contribution in [3.05, 3.63) is 34.4 Å². The third kappa shape index (κ3) is 2.98. The number of anilines is 1. The van der Waals surface area contributed by atoms with E-state index < -0.39 is 0 Å². The van der Waals surface area contributed by atoms with Gasteiger partial charge in [0.05, 0.1) is 19.3 Å². The van der Waals surface area contributed by atoms with E-state index in [1.165, 1.54) is 13.3 Å². The van der Waals surface area contributed by atoms with E-state index in [-0.39, 0.29) is 12.1 Å². The zero-order chi connectivity index (χ0) is 14.0. The van der Waals surface area contributed by atoms with Crippen molar-refractivity contribution in [1.29, 1.82) is 0 Å². The van der Waals surface area contributed by atoms with Crippen molar-refractivity contribution in [2.24, 2.45) is 0 Å². The molecule has 0 fully saturated rings. The Hall–Kier alpha value is -1.75. The van der Waals surface area contributed by atoms with Gasteiger partial charge in [0.1, 0.15) is 16.5 Å². The van der Waals surface area contributed by atoms with E-state index in [4.69, 9.17) is 20.8 Å². The highest BCUT2D eigenvalue weighted by Crippen LogP contribution is 2.27. The van der Waals surface area contributed by atoms with Gasteiger partial charge < -0.3 is 14.5 Å². The lowest BCUT2D eigenvalue weighted by molar-refractivity contribution is 0.380. The Morgan fingerprint density at radius 1 is 1.42 bits per heavy atom. The molecule has 1 N–H and O–H groups in total. The highest BCUT2D eigenvalue weighted by atomic mass is 35.5. The number of aryl methyl sites for hydroxylation is 2. The zero-order valence-electron chi connectivity index (χ0n) is 11.3. The van der Waals surface area contributed by atoms with Crippen LogP contribution in [0.5, 0.6) is 6.01 Å². The number of ether oxygens (including phenoxy) is 1. The first-order chi connectivity index (χ1) is 9.01. The Kier molecular flexibility index (Phi) is 3.95. The summed E-state index contributed by atoms with van der Waals surface area (Å²) >= 11 is 6.06. The maximum Gasteiger partial charge on any atom is 0.318 e. The first-order valence-electron chi connectivity index (χ1n) is 5.91. The molecule has 5 nitrogen and oxygen atoms in total. The second-order valence-corrected chi connectivity index (χ2v) is 4.70. The maximum atomic E-state index is 6.06. The summed E-state index contributed by atoms with van der Waals surface area (Å²) in [4.78, 5) is 8.12. The lowest BCUT2D eigenvalue weighted by Crippen LogP contribution is -2.09. The summed E-state index contributed by atoms with van der Waals surface area (Å²) in [7, 11) is 1.51. The third-order valence-corrected chi connectivity index (χ3v) is 3.08. The fraction of sp³-hybridized carbons (Fsp3) is 0.385. The molecule has 2 aromatic heterocycles. The summed E-state index contributed by atoms with van der Waals surface area (Å²) in [6.45, 7) is 5.87. The van der Waals surface area contributed by atoms with E-state index in [1.54, 1.807) is 0 Å². The lowest BCUT2D eigenvalue weighted by atomic mass is 10.1. The summed E-state index contributed by atoms with van der Waals surface area (Å²) in [6, 6.07) is 2.30. The first kappa shape index (κ1) is 13.7. The molecule has 0 aliphatic rings. The molecule has 102 valence electrons. The molecule has 1 atom stereocenters. The molecule has 0 radical (unpaired) electrons. The molecule has 0 spiro atoms. The molecule has 2 rings (SSSR count). The molecular formula is C13H16ClN3O2. The maximum absolute atomic E-state index is 6.06. The van der Waals surface area contributed by atoms with Gasteiger partial charge in [0.15, 0.2) is 5.82 Å². The van der Waals surface area contributed by atoms with Crippen LogP contribution in [-0.2, 0) is 0 Å². The van der Waals surface area contributed by atoms with Gasteiger partial charge in [0.2, 0.25) is 0 Å². The number of methoxy groups -OCH3 is 1. The van der Waals surface area contributed by atoms with Crippen molar-refractivity contribution < 1.29 is 9.15 Å². The van der Waals surface area contributed by atoms with E-state index >= 15 is 0 Å². The van der Waals surface area contributed by atoms with Gasteiger partial charge in [0.25, 0.3) is 0 Å². The topological polar surface area (TPSA) is 60.2 Å². The van der Waals surface area contributed by atoms with E-state index in [2.05, 4.69) is 15.3 Å². The van der Waals surface area contributed by atoms with Crippen molar-refractivity contribution >= 4 is 17.4 Å². The molecule has 19 heavy (non-hydrogen) atoms. The van der Waals surface area contributed by atoms with Crippen LogP contribution in [0.3, 0.4) is 0 Å². The number of rotatable bonds is 4. The average molecular weight is 282 g/mol. The fourth-order valence-electron chi connectivity index (χ4n) is 1.91. The van der Waals surface area contributed by atoms with E-state index in [9.17, 15) is 0 Å². The van der Waals surface area contributed by atoms with Crippen LogP contribution in [-0.4, -0.2) is 17.1 Å². The number of aromatic nitrogens is 2. The van der Waals surface area contributed by atoms with Crippen LogP contribution >= 0.6 is 11.6 Å². The normalized spacial score (nSPS) is 12.3. The molecule has 0 saturated carbocycles. The van der Waals surface area contributed by atoms with Crippen LogP contribution in [0, 0.1) is 13.8 Å². The van der Waals surface area contributed by atoms with E-state index in [0.717, 1.165) is 17.1 Å².